The molecule has 0 bridgehead atoms. The maximum atomic E-state index is 12.8. The molecule has 1 aromatic rings. The minimum Gasteiger partial charge on any atom is -0.378 e. The zero-order chi connectivity index (χ0) is 19.3. The largest absolute Gasteiger partial charge is 0.378 e. The van der Waals surface area contributed by atoms with Gasteiger partial charge in [0.1, 0.15) is 0 Å². The summed E-state index contributed by atoms with van der Waals surface area (Å²) in [6.45, 7) is 8.05. The number of hydrogen-bond donors (Lipinski definition) is 1. The van der Waals surface area contributed by atoms with Crippen molar-refractivity contribution < 1.29 is 9.53 Å². The Morgan fingerprint density at radius 1 is 1.41 bits per heavy atom. The van der Waals surface area contributed by atoms with E-state index in [1.807, 2.05) is 37.1 Å². The SMILES string of the molecule is CCSN1CCC(CNC(=O)c2ccc(C)cc2Br)(CC2CCCO2)CC1. The Morgan fingerprint density at radius 2 is 2.19 bits per heavy atom. The van der Waals surface area contributed by atoms with Crippen LogP contribution < -0.4 is 5.32 Å². The van der Waals surface area contributed by atoms with Gasteiger partial charge in [-0.2, -0.15) is 0 Å². The quantitative estimate of drug-likeness (QED) is 0.600. The Labute approximate surface area is 176 Å². The zero-order valence-electron chi connectivity index (χ0n) is 16.4. The van der Waals surface area contributed by atoms with Crippen molar-refractivity contribution in [1.29, 1.82) is 0 Å². The smallest absolute Gasteiger partial charge is 0.252 e. The second-order valence-corrected chi connectivity index (χ2v) is 10.1. The molecule has 2 heterocycles. The summed E-state index contributed by atoms with van der Waals surface area (Å²) < 4.78 is 9.28. The van der Waals surface area contributed by atoms with Crippen molar-refractivity contribution in [3.63, 3.8) is 0 Å². The number of aryl methyl sites for hydroxylation is 1. The number of rotatable bonds is 7. The summed E-state index contributed by atoms with van der Waals surface area (Å²) in [4.78, 5) is 12.8. The highest BCUT2D eigenvalue weighted by Crippen LogP contribution is 2.39. The molecule has 150 valence electrons. The normalized spacial score (nSPS) is 22.7. The van der Waals surface area contributed by atoms with Crippen LogP contribution in [0.3, 0.4) is 0 Å². The number of amides is 1. The summed E-state index contributed by atoms with van der Waals surface area (Å²) in [5.74, 6) is 1.13. The molecule has 1 N–H and O–H groups in total. The number of carbonyl (C=O) groups is 1. The van der Waals surface area contributed by atoms with Gasteiger partial charge in [0.2, 0.25) is 0 Å². The number of hydrogen-bond acceptors (Lipinski definition) is 4. The fraction of sp³-hybridized carbons (Fsp3) is 0.667. The first-order valence-corrected chi connectivity index (χ1v) is 11.8. The van der Waals surface area contributed by atoms with Gasteiger partial charge in [0.15, 0.2) is 0 Å². The third-order valence-corrected chi connectivity index (χ3v) is 7.42. The average molecular weight is 455 g/mol. The van der Waals surface area contributed by atoms with Crippen LogP contribution in [0.1, 0.15) is 54.9 Å². The fourth-order valence-corrected chi connectivity index (χ4v) is 5.66. The second-order valence-electron chi connectivity index (χ2n) is 7.85. The van der Waals surface area contributed by atoms with E-state index in [1.165, 1.54) is 6.42 Å². The van der Waals surface area contributed by atoms with Crippen LogP contribution in [0.25, 0.3) is 0 Å². The second kappa shape index (κ2) is 9.77. The van der Waals surface area contributed by atoms with E-state index in [0.29, 0.717) is 11.7 Å². The van der Waals surface area contributed by atoms with Gasteiger partial charge in [-0.05, 0) is 78.1 Å². The molecule has 0 saturated carbocycles. The number of piperidine rings is 1. The number of carbonyl (C=O) groups excluding carboxylic acids is 1. The average Bonchev–Trinajstić information content (AvgIpc) is 3.15. The van der Waals surface area contributed by atoms with Crippen LogP contribution in [0, 0.1) is 12.3 Å². The predicted molar refractivity (Wildman–Crippen MR) is 116 cm³/mol. The topological polar surface area (TPSA) is 41.6 Å². The van der Waals surface area contributed by atoms with Crippen molar-refractivity contribution in [2.45, 2.75) is 52.1 Å². The summed E-state index contributed by atoms with van der Waals surface area (Å²) in [6, 6.07) is 5.89. The van der Waals surface area contributed by atoms with E-state index in [4.69, 9.17) is 4.74 Å². The molecule has 0 spiro atoms. The third-order valence-electron chi connectivity index (χ3n) is 5.77. The highest BCUT2D eigenvalue weighted by atomic mass is 79.9. The predicted octanol–water partition coefficient (Wildman–Crippen LogP) is 4.81. The van der Waals surface area contributed by atoms with Crippen molar-refractivity contribution in [1.82, 2.24) is 9.62 Å². The van der Waals surface area contributed by atoms with Crippen molar-refractivity contribution in [2.75, 3.05) is 32.0 Å². The van der Waals surface area contributed by atoms with Crippen LogP contribution in [0.2, 0.25) is 0 Å². The summed E-state index contributed by atoms with van der Waals surface area (Å²) in [5, 5.41) is 3.24. The molecule has 3 rings (SSSR count). The molecule has 4 nitrogen and oxygen atoms in total. The Kier molecular flexibility index (Phi) is 7.65. The first-order valence-electron chi connectivity index (χ1n) is 10.1. The van der Waals surface area contributed by atoms with Gasteiger partial charge in [-0.3, -0.25) is 9.10 Å². The standard InChI is InChI=1S/C21H31BrN2O2S/c1-3-27-24-10-8-21(9-11-24,14-17-5-4-12-26-17)15-23-20(25)18-7-6-16(2)13-19(18)22/h6-7,13,17H,3-5,8-12,14-15H2,1-2H3,(H,23,25). The molecule has 2 fully saturated rings. The number of halogens is 1. The Morgan fingerprint density at radius 3 is 2.81 bits per heavy atom. The molecule has 1 aromatic carbocycles. The fourth-order valence-electron chi connectivity index (χ4n) is 4.18. The van der Waals surface area contributed by atoms with Gasteiger partial charge < -0.3 is 10.1 Å². The molecular formula is C21H31BrN2O2S. The molecule has 2 aliphatic heterocycles. The molecule has 27 heavy (non-hydrogen) atoms. The summed E-state index contributed by atoms with van der Waals surface area (Å²) in [6.07, 6.45) is 5.99. The van der Waals surface area contributed by atoms with Gasteiger partial charge in [0.25, 0.3) is 5.91 Å². The Hall–Kier alpha value is -0.560. The third kappa shape index (κ3) is 5.72. The lowest BCUT2D eigenvalue weighted by atomic mass is 9.74. The molecular weight excluding hydrogens is 424 g/mol. The lowest BCUT2D eigenvalue weighted by Gasteiger charge is -2.42. The maximum absolute atomic E-state index is 12.8. The Bertz CT molecular complexity index is 641. The van der Waals surface area contributed by atoms with Crippen LogP contribution in [-0.4, -0.2) is 48.3 Å². The molecule has 1 atom stereocenters. The van der Waals surface area contributed by atoms with E-state index in [9.17, 15) is 4.79 Å². The van der Waals surface area contributed by atoms with Crippen LogP contribution >= 0.6 is 27.9 Å². The first-order chi connectivity index (χ1) is 13.0. The van der Waals surface area contributed by atoms with Crippen LogP contribution in [0.4, 0.5) is 0 Å². The lowest BCUT2D eigenvalue weighted by Crippen LogP contribution is -2.46. The molecule has 0 aromatic heterocycles. The van der Waals surface area contributed by atoms with Crippen LogP contribution in [0.5, 0.6) is 0 Å². The number of benzene rings is 1. The molecule has 1 amide bonds. The van der Waals surface area contributed by atoms with E-state index < -0.39 is 0 Å². The molecule has 0 aliphatic carbocycles. The highest BCUT2D eigenvalue weighted by molar-refractivity contribution is 9.10. The highest BCUT2D eigenvalue weighted by Gasteiger charge is 2.38. The van der Waals surface area contributed by atoms with E-state index in [-0.39, 0.29) is 11.3 Å². The van der Waals surface area contributed by atoms with E-state index in [2.05, 4.69) is 32.5 Å². The van der Waals surface area contributed by atoms with Gasteiger partial charge in [-0.15, -0.1) is 0 Å². The zero-order valence-corrected chi connectivity index (χ0v) is 18.8. The molecule has 1 unspecified atom stereocenters. The van der Waals surface area contributed by atoms with Crippen LogP contribution in [0.15, 0.2) is 22.7 Å². The van der Waals surface area contributed by atoms with Crippen molar-refractivity contribution >= 4 is 33.8 Å². The van der Waals surface area contributed by atoms with Crippen molar-refractivity contribution in [2.24, 2.45) is 5.41 Å². The number of nitrogens with zero attached hydrogens (tertiary/aromatic N) is 1. The van der Waals surface area contributed by atoms with Gasteiger partial charge in [-0.1, -0.05) is 24.9 Å². The van der Waals surface area contributed by atoms with Crippen molar-refractivity contribution in [3.05, 3.63) is 33.8 Å². The summed E-state index contributed by atoms with van der Waals surface area (Å²) >= 11 is 5.46. The van der Waals surface area contributed by atoms with Gasteiger partial charge in [-0.25, -0.2) is 0 Å². The minimum atomic E-state index is 0.0129. The number of ether oxygens (including phenoxy) is 1. The van der Waals surface area contributed by atoms with E-state index in [0.717, 1.165) is 67.7 Å². The summed E-state index contributed by atoms with van der Waals surface area (Å²) in [5.41, 5.74) is 2.01. The maximum Gasteiger partial charge on any atom is 0.252 e. The summed E-state index contributed by atoms with van der Waals surface area (Å²) in [7, 11) is 0. The molecule has 2 saturated heterocycles. The number of nitrogens with one attached hydrogen (secondary N) is 1. The minimum absolute atomic E-state index is 0.0129. The lowest BCUT2D eigenvalue weighted by molar-refractivity contribution is 0.0372. The van der Waals surface area contributed by atoms with Crippen LogP contribution in [-0.2, 0) is 4.74 Å². The van der Waals surface area contributed by atoms with Crippen molar-refractivity contribution in [3.8, 4) is 0 Å². The van der Waals surface area contributed by atoms with E-state index >= 15 is 0 Å². The van der Waals surface area contributed by atoms with Gasteiger partial charge >= 0.3 is 0 Å². The monoisotopic (exact) mass is 454 g/mol. The van der Waals surface area contributed by atoms with E-state index in [1.54, 1.807) is 0 Å². The first kappa shape index (κ1) is 21.2. The Balaban J connectivity index is 1.65. The molecule has 2 aliphatic rings. The molecule has 0 radical (unpaired) electrons. The van der Waals surface area contributed by atoms with Gasteiger partial charge in [0, 0.05) is 36.5 Å². The van der Waals surface area contributed by atoms with Gasteiger partial charge in [0.05, 0.1) is 11.7 Å². The molecule has 6 heteroatoms.